The first-order valence-electron chi connectivity index (χ1n) is 6.93. The molecular formula is C18H17NO3. The van der Waals surface area contributed by atoms with Gasteiger partial charge in [-0.3, -0.25) is 4.79 Å². The number of benzene rings is 2. The zero-order valence-corrected chi connectivity index (χ0v) is 12.1. The van der Waals surface area contributed by atoms with Crippen molar-refractivity contribution in [2.24, 2.45) is 0 Å². The van der Waals surface area contributed by atoms with Crippen molar-refractivity contribution in [1.82, 2.24) is 4.90 Å². The van der Waals surface area contributed by atoms with Crippen LogP contribution in [-0.2, 0) is 22.7 Å². The summed E-state index contributed by atoms with van der Waals surface area (Å²) in [4.78, 5) is 24.4. The minimum absolute atomic E-state index is 0.324. The van der Waals surface area contributed by atoms with Gasteiger partial charge in [0.05, 0.1) is 0 Å². The van der Waals surface area contributed by atoms with Crippen LogP contribution >= 0.6 is 0 Å². The van der Waals surface area contributed by atoms with Gasteiger partial charge >= 0.3 is 5.97 Å². The lowest BCUT2D eigenvalue weighted by molar-refractivity contribution is -0.132. The number of carboxylic acid groups (broad SMARTS) is 1. The van der Waals surface area contributed by atoms with E-state index in [4.69, 9.17) is 5.11 Å². The largest absolute Gasteiger partial charge is 0.478 e. The second kappa shape index (κ2) is 7.78. The molecule has 0 saturated carbocycles. The van der Waals surface area contributed by atoms with Gasteiger partial charge in [-0.2, -0.15) is 0 Å². The third-order valence-corrected chi connectivity index (χ3v) is 3.11. The van der Waals surface area contributed by atoms with Crippen LogP contribution < -0.4 is 0 Å². The number of aliphatic carboxylic acids is 1. The number of carbonyl (C=O) groups is 2. The Hall–Kier alpha value is -2.88. The molecule has 2 rings (SSSR count). The summed E-state index contributed by atoms with van der Waals surface area (Å²) in [5.41, 5.74) is 1.99. The van der Waals surface area contributed by atoms with Gasteiger partial charge in [0.15, 0.2) is 0 Å². The SMILES string of the molecule is O=C(O)C=CC(=O)N(Cc1ccccc1)Cc1ccccc1. The minimum Gasteiger partial charge on any atom is -0.478 e. The molecule has 1 N–H and O–H groups in total. The van der Waals surface area contributed by atoms with E-state index in [9.17, 15) is 9.59 Å². The van der Waals surface area contributed by atoms with Gasteiger partial charge in [0.2, 0.25) is 5.91 Å². The van der Waals surface area contributed by atoms with Crippen molar-refractivity contribution in [3.63, 3.8) is 0 Å². The van der Waals surface area contributed by atoms with Crippen LogP contribution in [0, 0.1) is 0 Å². The van der Waals surface area contributed by atoms with Gasteiger partial charge in [0.25, 0.3) is 0 Å². The summed E-state index contributed by atoms with van der Waals surface area (Å²) in [5.74, 6) is -1.46. The van der Waals surface area contributed by atoms with E-state index in [2.05, 4.69) is 0 Å². The molecule has 112 valence electrons. The van der Waals surface area contributed by atoms with Crippen LogP contribution in [0.2, 0.25) is 0 Å². The highest BCUT2D eigenvalue weighted by Gasteiger charge is 2.12. The smallest absolute Gasteiger partial charge is 0.328 e. The highest BCUT2D eigenvalue weighted by atomic mass is 16.4. The molecule has 0 aliphatic rings. The van der Waals surface area contributed by atoms with Gasteiger partial charge in [-0.25, -0.2) is 4.79 Å². The van der Waals surface area contributed by atoms with Gasteiger partial charge in [0, 0.05) is 25.2 Å². The highest BCUT2D eigenvalue weighted by molar-refractivity contribution is 5.93. The van der Waals surface area contributed by atoms with Crippen molar-refractivity contribution in [3.05, 3.63) is 83.9 Å². The van der Waals surface area contributed by atoms with Crippen LogP contribution in [0.15, 0.2) is 72.8 Å². The van der Waals surface area contributed by atoms with Crippen molar-refractivity contribution in [1.29, 1.82) is 0 Å². The van der Waals surface area contributed by atoms with E-state index < -0.39 is 5.97 Å². The topological polar surface area (TPSA) is 57.6 Å². The second-order valence-electron chi connectivity index (χ2n) is 4.84. The monoisotopic (exact) mass is 295 g/mol. The Balaban J connectivity index is 2.16. The number of rotatable bonds is 6. The second-order valence-corrected chi connectivity index (χ2v) is 4.84. The molecule has 0 heterocycles. The van der Waals surface area contributed by atoms with E-state index in [1.807, 2.05) is 60.7 Å². The summed E-state index contributed by atoms with van der Waals surface area (Å²) < 4.78 is 0. The Morgan fingerprint density at radius 2 is 1.27 bits per heavy atom. The van der Waals surface area contributed by atoms with Gasteiger partial charge < -0.3 is 10.0 Å². The van der Waals surface area contributed by atoms with E-state index >= 15 is 0 Å². The van der Waals surface area contributed by atoms with Crippen LogP contribution in [0.4, 0.5) is 0 Å². The average molecular weight is 295 g/mol. The Morgan fingerprint density at radius 1 is 0.818 bits per heavy atom. The molecule has 0 saturated heterocycles. The van der Waals surface area contributed by atoms with Crippen LogP contribution in [0.25, 0.3) is 0 Å². The fourth-order valence-electron chi connectivity index (χ4n) is 2.07. The Bertz CT molecular complexity index is 609. The fraction of sp³-hybridized carbons (Fsp3) is 0.111. The Labute approximate surface area is 129 Å². The molecule has 0 fully saturated rings. The summed E-state index contributed by atoms with van der Waals surface area (Å²) >= 11 is 0. The number of hydrogen-bond acceptors (Lipinski definition) is 2. The lowest BCUT2D eigenvalue weighted by Crippen LogP contribution is -2.28. The van der Waals surface area contributed by atoms with Crippen molar-refractivity contribution < 1.29 is 14.7 Å². The van der Waals surface area contributed by atoms with E-state index in [1.54, 1.807) is 4.90 Å². The lowest BCUT2D eigenvalue weighted by Gasteiger charge is -2.21. The van der Waals surface area contributed by atoms with Gasteiger partial charge in [0.1, 0.15) is 0 Å². The summed E-state index contributed by atoms with van der Waals surface area (Å²) in [6.45, 7) is 0.858. The molecular weight excluding hydrogens is 278 g/mol. The maximum Gasteiger partial charge on any atom is 0.328 e. The molecule has 0 aromatic heterocycles. The van der Waals surface area contributed by atoms with E-state index in [-0.39, 0.29) is 5.91 Å². The molecule has 0 radical (unpaired) electrons. The van der Waals surface area contributed by atoms with Crippen molar-refractivity contribution >= 4 is 11.9 Å². The number of carbonyl (C=O) groups excluding carboxylic acids is 1. The predicted octanol–water partition coefficient (Wildman–Crippen LogP) is 2.86. The third kappa shape index (κ3) is 4.90. The van der Waals surface area contributed by atoms with Gasteiger partial charge in [-0.1, -0.05) is 60.7 Å². The van der Waals surface area contributed by atoms with Crippen molar-refractivity contribution in [2.75, 3.05) is 0 Å². The first kappa shape index (κ1) is 15.5. The molecule has 0 spiro atoms. The van der Waals surface area contributed by atoms with Crippen LogP contribution in [0.3, 0.4) is 0 Å². The fourth-order valence-corrected chi connectivity index (χ4v) is 2.07. The van der Waals surface area contributed by atoms with Crippen molar-refractivity contribution in [3.8, 4) is 0 Å². The normalized spacial score (nSPS) is 10.5. The summed E-state index contributed by atoms with van der Waals surface area (Å²) in [5, 5.41) is 8.67. The molecule has 0 aliphatic heterocycles. The lowest BCUT2D eigenvalue weighted by atomic mass is 10.1. The van der Waals surface area contributed by atoms with Gasteiger partial charge in [-0.05, 0) is 11.1 Å². The first-order valence-corrected chi connectivity index (χ1v) is 6.93. The van der Waals surface area contributed by atoms with Crippen molar-refractivity contribution in [2.45, 2.75) is 13.1 Å². The molecule has 0 aliphatic carbocycles. The highest BCUT2D eigenvalue weighted by Crippen LogP contribution is 2.10. The first-order chi connectivity index (χ1) is 10.6. The average Bonchev–Trinajstić information content (AvgIpc) is 2.54. The molecule has 4 nitrogen and oxygen atoms in total. The van der Waals surface area contributed by atoms with Gasteiger partial charge in [-0.15, -0.1) is 0 Å². The molecule has 0 bridgehead atoms. The standard InChI is InChI=1S/C18H17NO3/c20-17(11-12-18(21)22)19(13-15-7-3-1-4-8-15)14-16-9-5-2-6-10-16/h1-12H,13-14H2,(H,21,22). The van der Waals surface area contributed by atoms with E-state index in [1.165, 1.54) is 0 Å². The van der Waals surface area contributed by atoms with Crippen LogP contribution in [0.1, 0.15) is 11.1 Å². The van der Waals surface area contributed by atoms with E-state index in [0.29, 0.717) is 13.1 Å². The molecule has 2 aromatic carbocycles. The van der Waals surface area contributed by atoms with Crippen LogP contribution in [-0.4, -0.2) is 21.9 Å². The number of nitrogens with zero attached hydrogens (tertiary/aromatic N) is 1. The molecule has 2 aromatic rings. The van der Waals surface area contributed by atoms with E-state index in [0.717, 1.165) is 23.3 Å². The zero-order valence-electron chi connectivity index (χ0n) is 12.1. The zero-order chi connectivity index (χ0) is 15.8. The van der Waals surface area contributed by atoms with Crippen LogP contribution in [0.5, 0.6) is 0 Å². The Morgan fingerprint density at radius 3 is 1.68 bits per heavy atom. The molecule has 0 atom stereocenters. The minimum atomic E-state index is -1.13. The predicted molar refractivity (Wildman–Crippen MR) is 83.9 cm³/mol. The summed E-state index contributed by atoms with van der Waals surface area (Å²) in [6.07, 6.45) is 1.96. The maximum atomic E-state index is 12.2. The quantitative estimate of drug-likeness (QED) is 0.834. The Kier molecular flexibility index (Phi) is 5.49. The molecule has 22 heavy (non-hydrogen) atoms. The molecule has 0 unspecified atom stereocenters. The molecule has 1 amide bonds. The third-order valence-electron chi connectivity index (χ3n) is 3.11. The number of carboxylic acids is 1. The summed E-state index contributed by atoms with van der Waals surface area (Å²) in [6, 6.07) is 19.2. The maximum absolute atomic E-state index is 12.2. The molecule has 4 heteroatoms. The summed E-state index contributed by atoms with van der Waals surface area (Å²) in [7, 11) is 0. The number of amides is 1. The number of hydrogen-bond donors (Lipinski definition) is 1.